The van der Waals surface area contributed by atoms with Crippen molar-refractivity contribution in [2.24, 2.45) is 5.92 Å². The Morgan fingerprint density at radius 2 is 1.38 bits per heavy atom. The minimum atomic E-state index is -1.10. The molecule has 0 bridgehead atoms. The molecule has 1 aromatic rings. The molecule has 0 saturated carbocycles. The minimum Gasteiger partial charge on any atom is -0.478 e. The van der Waals surface area contributed by atoms with E-state index in [2.05, 4.69) is 20.8 Å². The quantitative estimate of drug-likeness (QED) is 0.232. The van der Waals surface area contributed by atoms with Crippen molar-refractivity contribution in [3.05, 3.63) is 35.4 Å². The number of carboxylic acids is 1. The molecule has 0 aliphatic carbocycles. The van der Waals surface area contributed by atoms with Crippen LogP contribution in [0, 0.1) is 5.92 Å². The maximum Gasteiger partial charge on any atom is 0.339 e. The Balaban J connectivity index is 2.41. The average Bonchev–Trinajstić information content (AvgIpc) is 2.73. The van der Waals surface area contributed by atoms with Crippen molar-refractivity contribution < 1.29 is 19.4 Å². The van der Waals surface area contributed by atoms with E-state index in [1.54, 1.807) is 12.1 Å². The molecule has 1 rings (SSSR count). The van der Waals surface area contributed by atoms with Crippen LogP contribution >= 0.6 is 0 Å². The summed E-state index contributed by atoms with van der Waals surface area (Å²) in [5.74, 6) is -1.37. The van der Waals surface area contributed by atoms with Crippen LogP contribution < -0.4 is 0 Å². The number of ether oxygens (including phenoxy) is 1. The molecule has 2 atom stereocenters. The van der Waals surface area contributed by atoms with Crippen molar-refractivity contribution in [3.63, 3.8) is 0 Å². The van der Waals surface area contributed by atoms with Crippen LogP contribution in [0.25, 0.3) is 0 Å². The van der Waals surface area contributed by atoms with Gasteiger partial charge in [0.1, 0.15) is 6.10 Å². The SMILES string of the molecule is CCCCCCCCCCCCC(OC(=O)c1ccccc1C(=O)O)C(C)CC. The molecule has 1 aromatic carbocycles. The van der Waals surface area contributed by atoms with Crippen LogP contribution in [0.4, 0.5) is 0 Å². The van der Waals surface area contributed by atoms with Crippen LogP contribution in [0.3, 0.4) is 0 Å². The molecule has 0 radical (unpaired) electrons. The van der Waals surface area contributed by atoms with Crippen LogP contribution in [0.1, 0.15) is 119 Å². The Hall–Kier alpha value is -1.84. The van der Waals surface area contributed by atoms with Gasteiger partial charge in [-0.3, -0.25) is 0 Å². The normalized spacial score (nSPS) is 13.1. The van der Waals surface area contributed by atoms with Crippen LogP contribution in [0.2, 0.25) is 0 Å². The summed E-state index contributed by atoms with van der Waals surface area (Å²) < 4.78 is 5.76. The van der Waals surface area contributed by atoms with Crippen molar-refractivity contribution in [1.82, 2.24) is 0 Å². The van der Waals surface area contributed by atoms with E-state index in [1.807, 2.05) is 0 Å². The summed E-state index contributed by atoms with van der Waals surface area (Å²) in [5, 5.41) is 9.30. The van der Waals surface area contributed by atoms with Gasteiger partial charge in [-0.2, -0.15) is 0 Å². The van der Waals surface area contributed by atoms with E-state index in [4.69, 9.17) is 4.74 Å². The molecular formula is C25H40O4. The smallest absolute Gasteiger partial charge is 0.339 e. The van der Waals surface area contributed by atoms with Gasteiger partial charge in [0.05, 0.1) is 11.1 Å². The second kappa shape index (κ2) is 15.1. The topological polar surface area (TPSA) is 63.6 Å². The molecule has 29 heavy (non-hydrogen) atoms. The number of hydrogen-bond acceptors (Lipinski definition) is 3. The van der Waals surface area contributed by atoms with Gasteiger partial charge in [-0.15, -0.1) is 0 Å². The molecule has 4 nitrogen and oxygen atoms in total. The highest BCUT2D eigenvalue weighted by Gasteiger charge is 2.23. The highest BCUT2D eigenvalue weighted by atomic mass is 16.5. The highest BCUT2D eigenvalue weighted by Crippen LogP contribution is 2.22. The monoisotopic (exact) mass is 404 g/mol. The number of hydrogen-bond donors (Lipinski definition) is 1. The lowest BCUT2D eigenvalue weighted by Crippen LogP contribution is -2.26. The molecular weight excluding hydrogens is 364 g/mol. The first-order valence-corrected chi connectivity index (χ1v) is 11.5. The first kappa shape index (κ1) is 25.2. The fraction of sp³-hybridized carbons (Fsp3) is 0.680. The van der Waals surface area contributed by atoms with Crippen molar-refractivity contribution in [1.29, 1.82) is 0 Å². The van der Waals surface area contributed by atoms with E-state index in [-0.39, 0.29) is 23.1 Å². The van der Waals surface area contributed by atoms with Crippen LogP contribution in [-0.4, -0.2) is 23.1 Å². The van der Waals surface area contributed by atoms with E-state index in [1.165, 1.54) is 63.5 Å². The van der Waals surface area contributed by atoms with Gasteiger partial charge in [-0.05, 0) is 30.9 Å². The van der Waals surface area contributed by atoms with E-state index in [0.717, 1.165) is 25.7 Å². The molecule has 164 valence electrons. The van der Waals surface area contributed by atoms with Gasteiger partial charge in [0.25, 0.3) is 0 Å². The lowest BCUT2D eigenvalue weighted by Gasteiger charge is -2.23. The maximum absolute atomic E-state index is 12.6. The van der Waals surface area contributed by atoms with Gasteiger partial charge in [-0.1, -0.05) is 97.1 Å². The summed E-state index contributed by atoms with van der Waals surface area (Å²) in [4.78, 5) is 24.0. The Morgan fingerprint density at radius 3 is 1.90 bits per heavy atom. The van der Waals surface area contributed by atoms with E-state index < -0.39 is 11.9 Å². The number of unbranched alkanes of at least 4 members (excludes halogenated alkanes) is 9. The summed E-state index contributed by atoms with van der Waals surface area (Å²) in [5.41, 5.74) is 0.135. The average molecular weight is 405 g/mol. The number of benzene rings is 1. The van der Waals surface area contributed by atoms with Gasteiger partial charge in [0, 0.05) is 0 Å². The van der Waals surface area contributed by atoms with Crippen molar-refractivity contribution in [2.45, 2.75) is 104 Å². The third-order valence-electron chi connectivity index (χ3n) is 5.76. The van der Waals surface area contributed by atoms with Crippen molar-refractivity contribution >= 4 is 11.9 Å². The zero-order valence-electron chi connectivity index (χ0n) is 18.6. The van der Waals surface area contributed by atoms with E-state index in [0.29, 0.717) is 0 Å². The number of esters is 1. The zero-order chi connectivity index (χ0) is 21.5. The molecule has 0 saturated heterocycles. The lowest BCUT2D eigenvalue weighted by atomic mass is 9.96. The van der Waals surface area contributed by atoms with Gasteiger partial charge in [0.15, 0.2) is 0 Å². The second-order valence-corrected chi connectivity index (χ2v) is 8.15. The fourth-order valence-corrected chi connectivity index (χ4v) is 3.60. The van der Waals surface area contributed by atoms with Gasteiger partial charge >= 0.3 is 11.9 Å². The molecule has 2 unspecified atom stereocenters. The number of rotatable bonds is 16. The summed E-state index contributed by atoms with van der Waals surface area (Å²) >= 11 is 0. The molecule has 0 aliphatic rings. The second-order valence-electron chi connectivity index (χ2n) is 8.15. The Morgan fingerprint density at radius 1 is 0.862 bits per heavy atom. The van der Waals surface area contributed by atoms with Gasteiger partial charge in [0.2, 0.25) is 0 Å². The number of aromatic carboxylic acids is 1. The first-order valence-electron chi connectivity index (χ1n) is 11.5. The van der Waals surface area contributed by atoms with E-state index in [9.17, 15) is 14.7 Å². The molecule has 0 heterocycles. The Labute approximate surface area is 177 Å². The number of carboxylic acid groups (broad SMARTS) is 1. The van der Waals surface area contributed by atoms with Crippen LogP contribution in [0.5, 0.6) is 0 Å². The molecule has 0 spiro atoms. The highest BCUT2D eigenvalue weighted by molar-refractivity contribution is 6.02. The molecule has 0 aliphatic heterocycles. The lowest BCUT2D eigenvalue weighted by molar-refractivity contribution is 0.0119. The molecule has 4 heteroatoms. The Bertz CT molecular complexity index is 596. The predicted octanol–water partition coefficient (Wildman–Crippen LogP) is 7.27. The summed E-state index contributed by atoms with van der Waals surface area (Å²) in [6.45, 7) is 6.43. The molecule has 0 amide bonds. The van der Waals surface area contributed by atoms with Gasteiger partial charge in [-0.25, -0.2) is 9.59 Å². The summed E-state index contributed by atoms with van der Waals surface area (Å²) in [6, 6.07) is 6.26. The number of carbonyl (C=O) groups excluding carboxylic acids is 1. The molecule has 1 N–H and O–H groups in total. The first-order chi connectivity index (χ1) is 14.0. The third kappa shape index (κ3) is 9.96. The third-order valence-corrected chi connectivity index (χ3v) is 5.76. The zero-order valence-corrected chi connectivity index (χ0v) is 18.6. The van der Waals surface area contributed by atoms with Crippen molar-refractivity contribution in [3.8, 4) is 0 Å². The summed E-state index contributed by atoms with van der Waals surface area (Å²) in [6.07, 6.45) is 14.4. The molecule has 0 fully saturated rings. The fourth-order valence-electron chi connectivity index (χ4n) is 3.60. The van der Waals surface area contributed by atoms with Crippen molar-refractivity contribution in [2.75, 3.05) is 0 Å². The van der Waals surface area contributed by atoms with Crippen LogP contribution in [-0.2, 0) is 4.74 Å². The largest absolute Gasteiger partial charge is 0.478 e. The maximum atomic E-state index is 12.6. The number of carbonyl (C=O) groups is 2. The van der Waals surface area contributed by atoms with Crippen LogP contribution in [0.15, 0.2) is 24.3 Å². The molecule has 0 aromatic heterocycles. The standard InChI is InChI=1S/C25H40O4/c1-4-6-7-8-9-10-11-12-13-14-19-23(20(3)5-2)29-25(28)22-18-16-15-17-21(22)24(26)27/h15-18,20,23H,4-14,19H2,1-3H3,(H,26,27). The predicted molar refractivity (Wildman–Crippen MR) is 119 cm³/mol. The summed E-state index contributed by atoms with van der Waals surface area (Å²) in [7, 11) is 0. The van der Waals surface area contributed by atoms with E-state index >= 15 is 0 Å². The minimum absolute atomic E-state index is 0.000613. The van der Waals surface area contributed by atoms with Gasteiger partial charge < -0.3 is 9.84 Å². The Kier molecular flexibility index (Phi) is 13.1.